The predicted molar refractivity (Wildman–Crippen MR) is 122 cm³/mol. The summed E-state index contributed by atoms with van der Waals surface area (Å²) in [6.07, 6.45) is 1.50. The van der Waals surface area contributed by atoms with E-state index in [9.17, 15) is 17.6 Å². The second-order valence-corrected chi connectivity index (χ2v) is 10.7. The molecule has 2 atom stereocenters. The van der Waals surface area contributed by atoms with E-state index in [0.29, 0.717) is 40.6 Å². The smallest absolute Gasteiger partial charge is 0.338 e. The molecule has 33 heavy (non-hydrogen) atoms. The standard InChI is InChI=1S/C20H21ClFN5O4S2/c1-3-31-20(28)16-15-6-11(8-24-33(2,29)30)9-27(15)18(19-26-23-10-32-19)25-17(16)13-5-4-12(22)7-14(13)21/h4-5,7,10-11,17,24H,3,6,8-9H2,1-2H3/t11-,17+/m1/s1. The van der Waals surface area contributed by atoms with E-state index in [2.05, 4.69) is 14.9 Å². The number of sulfonamides is 1. The third kappa shape index (κ3) is 5.08. The van der Waals surface area contributed by atoms with Gasteiger partial charge < -0.3 is 9.64 Å². The highest BCUT2D eigenvalue weighted by molar-refractivity contribution is 7.88. The summed E-state index contributed by atoms with van der Waals surface area (Å²) in [5.41, 5.74) is 2.97. The van der Waals surface area contributed by atoms with Gasteiger partial charge in [-0.05, 0) is 31.4 Å². The van der Waals surface area contributed by atoms with E-state index in [-0.39, 0.29) is 24.1 Å². The predicted octanol–water partition coefficient (Wildman–Crippen LogP) is 2.52. The number of nitrogens with one attached hydrogen (secondary N) is 1. The maximum absolute atomic E-state index is 13.7. The number of halogens is 2. The van der Waals surface area contributed by atoms with Gasteiger partial charge in [-0.25, -0.2) is 22.3 Å². The van der Waals surface area contributed by atoms with Crippen LogP contribution in [-0.2, 0) is 19.6 Å². The molecule has 0 spiro atoms. The monoisotopic (exact) mass is 513 g/mol. The van der Waals surface area contributed by atoms with Gasteiger partial charge in [0, 0.05) is 29.4 Å². The summed E-state index contributed by atoms with van der Waals surface area (Å²) in [5, 5.41) is 8.70. The number of allylic oxidation sites excluding steroid dienone is 1. The zero-order valence-corrected chi connectivity index (χ0v) is 20.2. The SMILES string of the molecule is CCOC(=O)C1=C2C[C@H](CNS(C)(=O)=O)CN2C(c2nncs2)=N[C@H]1c1ccc(F)cc1Cl. The fourth-order valence-electron chi connectivity index (χ4n) is 3.93. The molecule has 1 aromatic heterocycles. The Morgan fingerprint density at radius 1 is 1.42 bits per heavy atom. The highest BCUT2D eigenvalue weighted by Gasteiger charge is 2.42. The van der Waals surface area contributed by atoms with Crippen molar-refractivity contribution in [2.75, 3.05) is 26.0 Å². The van der Waals surface area contributed by atoms with E-state index in [4.69, 9.17) is 21.3 Å². The van der Waals surface area contributed by atoms with Crippen LogP contribution in [0.25, 0.3) is 0 Å². The number of rotatable bonds is 7. The molecule has 9 nitrogen and oxygen atoms in total. The van der Waals surface area contributed by atoms with Crippen molar-refractivity contribution in [3.05, 3.63) is 56.4 Å². The lowest BCUT2D eigenvalue weighted by molar-refractivity contribution is -0.139. The lowest BCUT2D eigenvalue weighted by Crippen LogP contribution is -2.36. The molecule has 0 unspecified atom stereocenters. The van der Waals surface area contributed by atoms with Gasteiger partial charge in [0.15, 0.2) is 10.8 Å². The molecule has 2 aliphatic heterocycles. The molecule has 0 saturated carbocycles. The molecule has 1 aromatic carbocycles. The zero-order chi connectivity index (χ0) is 23.8. The summed E-state index contributed by atoms with van der Waals surface area (Å²) < 4.78 is 44.8. The minimum Gasteiger partial charge on any atom is -0.463 e. The van der Waals surface area contributed by atoms with Gasteiger partial charge in [-0.2, -0.15) is 0 Å². The third-order valence-electron chi connectivity index (χ3n) is 5.28. The first-order valence-corrected chi connectivity index (χ1v) is 13.2. The second-order valence-electron chi connectivity index (χ2n) is 7.65. The molecule has 0 radical (unpaired) electrons. The quantitative estimate of drug-likeness (QED) is 0.566. The van der Waals surface area contributed by atoms with Crippen LogP contribution >= 0.6 is 22.9 Å². The van der Waals surface area contributed by atoms with E-state index < -0.39 is 27.9 Å². The Morgan fingerprint density at radius 2 is 2.21 bits per heavy atom. The fraction of sp³-hybridized carbons (Fsp3) is 0.400. The number of hydrogen-bond donors (Lipinski definition) is 1. The van der Waals surface area contributed by atoms with Crippen LogP contribution in [0, 0.1) is 11.7 Å². The molecule has 176 valence electrons. The molecule has 2 aromatic rings. The summed E-state index contributed by atoms with van der Waals surface area (Å²) in [4.78, 5) is 19.7. The minimum absolute atomic E-state index is 0.125. The maximum atomic E-state index is 13.7. The number of nitrogens with zero attached hydrogens (tertiary/aromatic N) is 4. The molecule has 1 saturated heterocycles. The minimum atomic E-state index is -3.38. The normalized spacial score (nSPS) is 20.6. The molecule has 2 aliphatic rings. The van der Waals surface area contributed by atoms with Crippen LogP contribution in [-0.4, -0.2) is 61.3 Å². The number of carbonyl (C=O) groups excluding carboxylic acids is 1. The highest BCUT2D eigenvalue weighted by atomic mass is 35.5. The third-order valence-corrected chi connectivity index (χ3v) is 6.98. The first-order valence-electron chi connectivity index (χ1n) is 10.1. The van der Waals surface area contributed by atoms with Crippen LogP contribution in [0.3, 0.4) is 0 Å². The second kappa shape index (κ2) is 9.45. The van der Waals surface area contributed by atoms with Gasteiger partial charge in [0.25, 0.3) is 0 Å². The van der Waals surface area contributed by atoms with E-state index in [1.165, 1.54) is 29.5 Å². The average Bonchev–Trinajstić information content (AvgIpc) is 3.41. The summed E-state index contributed by atoms with van der Waals surface area (Å²) in [5.74, 6) is -0.695. The number of fused-ring (bicyclic) bond motifs is 1. The Labute approximate surface area is 199 Å². The van der Waals surface area contributed by atoms with Gasteiger partial charge in [-0.1, -0.05) is 29.0 Å². The van der Waals surface area contributed by atoms with Crippen LogP contribution in [0.15, 0.2) is 40.0 Å². The number of benzene rings is 1. The van der Waals surface area contributed by atoms with Crippen molar-refractivity contribution in [1.82, 2.24) is 19.8 Å². The molecular formula is C20H21ClFN5O4S2. The van der Waals surface area contributed by atoms with Crippen molar-refractivity contribution in [3.63, 3.8) is 0 Å². The van der Waals surface area contributed by atoms with Gasteiger partial charge in [0.05, 0.1) is 18.4 Å². The van der Waals surface area contributed by atoms with Gasteiger partial charge in [-0.3, -0.25) is 4.99 Å². The van der Waals surface area contributed by atoms with E-state index in [1.54, 1.807) is 12.4 Å². The number of aliphatic imine (C=N–C) groups is 1. The molecule has 0 bridgehead atoms. The van der Waals surface area contributed by atoms with E-state index >= 15 is 0 Å². The van der Waals surface area contributed by atoms with Gasteiger partial charge in [0.1, 0.15) is 17.4 Å². The molecule has 0 amide bonds. The largest absolute Gasteiger partial charge is 0.463 e. The number of esters is 1. The molecule has 13 heteroatoms. The van der Waals surface area contributed by atoms with Crippen molar-refractivity contribution < 1.29 is 22.3 Å². The molecule has 3 heterocycles. The van der Waals surface area contributed by atoms with Crippen LogP contribution in [0.1, 0.15) is 30.0 Å². The van der Waals surface area contributed by atoms with E-state index in [1.807, 2.05) is 4.90 Å². The Hall–Kier alpha value is -2.41. The summed E-state index contributed by atoms with van der Waals surface area (Å²) >= 11 is 7.64. The Balaban J connectivity index is 1.84. The van der Waals surface area contributed by atoms with Crippen LogP contribution < -0.4 is 4.72 Å². The number of hydrogen-bond acceptors (Lipinski definition) is 9. The number of carbonyl (C=O) groups is 1. The van der Waals surface area contributed by atoms with Crippen LogP contribution in [0.2, 0.25) is 5.02 Å². The fourth-order valence-corrected chi connectivity index (χ4v) is 5.30. The van der Waals surface area contributed by atoms with Gasteiger partial charge >= 0.3 is 5.97 Å². The molecule has 0 aliphatic carbocycles. The molecule has 4 rings (SSSR count). The van der Waals surface area contributed by atoms with Crippen molar-refractivity contribution >= 4 is 44.8 Å². The lowest BCUT2D eigenvalue weighted by atomic mass is 9.94. The number of ether oxygens (including phenoxy) is 1. The molecule has 1 N–H and O–H groups in total. The van der Waals surface area contributed by atoms with Crippen LogP contribution in [0.5, 0.6) is 0 Å². The maximum Gasteiger partial charge on any atom is 0.338 e. The first-order chi connectivity index (χ1) is 15.7. The number of amidine groups is 1. The van der Waals surface area contributed by atoms with Gasteiger partial charge in [0.2, 0.25) is 10.0 Å². The Kier molecular flexibility index (Phi) is 6.80. The Morgan fingerprint density at radius 3 is 2.85 bits per heavy atom. The zero-order valence-electron chi connectivity index (χ0n) is 17.8. The molecular weight excluding hydrogens is 493 g/mol. The van der Waals surface area contributed by atoms with Gasteiger partial charge in [-0.15, -0.1) is 10.2 Å². The van der Waals surface area contributed by atoms with Crippen LogP contribution in [0.4, 0.5) is 4.39 Å². The van der Waals surface area contributed by atoms with Crippen molar-refractivity contribution in [3.8, 4) is 0 Å². The first kappa shape index (κ1) is 23.7. The summed E-state index contributed by atoms with van der Waals surface area (Å²) in [6.45, 7) is 2.47. The van der Waals surface area contributed by atoms with E-state index in [0.717, 1.165) is 6.26 Å². The summed E-state index contributed by atoms with van der Waals surface area (Å²) in [6, 6.07) is 3.08. The Bertz CT molecular complexity index is 1230. The summed E-state index contributed by atoms with van der Waals surface area (Å²) in [7, 11) is -3.38. The lowest BCUT2D eigenvalue weighted by Gasteiger charge is -2.31. The van der Waals surface area contributed by atoms with Crippen molar-refractivity contribution in [2.24, 2.45) is 10.9 Å². The van der Waals surface area contributed by atoms with Crippen molar-refractivity contribution in [1.29, 1.82) is 0 Å². The topological polar surface area (TPSA) is 114 Å². The number of aromatic nitrogens is 2. The highest BCUT2D eigenvalue weighted by Crippen LogP contribution is 2.43. The van der Waals surface area contributed by atoms with Crippen molar-refractivity contribution in [2.45, 2.75) is 19.4 Å². The molecule has 1 fully saturated rings. The average molecular weight is 514 g/mol.